The number of benzene rings is 1. The van der Waals surface area contributed by atoms with Gasteiger partial charge in [-0.25, -0.2) is 4.98 Å². The summed E-state index contributed by atoms with van der Waals surface area (Å²) in [6, 6.07) is 19.9. The van der Waals surface area contributed by atoms with Gasteiger partial charge in [-0.05, 0) is 55.6 Å². The summed E-state index contributed by atoms with van der Waals surface area (Å²) in [7, 11) is 1.91. The minimum atomic E-state index is -0.0687. The van der Waals surface area contributed by atoms with E-state index < -0.39 is 0 Å². The molecular weight excluding hydrogens is 398 g/mol. The normalized spacial score (nSPS) is 15.8. The van der Waals surface area contributed by atoms with E-state index in [1.165, 1.54) is 5.56 Å². The summed E-state index contributed by atoms with van der Waals surface area (Å²) < 4.78 is 0. The molecule has 3 heterocycles. The predicted octanol–water partition coefficient (Wildman–Crippen LogP) is 3.83. The number of nitrogens with zero attached hydrogens (tertiary/aromatic N) is 3. The Labute approximate surface area is 190 Å². The molecule has 0 radical (unpaired) electrons. The van der Waals surface area contributed by atoms with Crippen molar-refractivity contribution in [2.24, 2.45) is 5.92 Å². The van der Waals surface area contributed by atoms with Crippen LogP contribution < -0.4 is 10.6 Å². The maximum atomic E-state index is 12.9. The minimum Gasteiger partial charge on any atom is -0.373 e. The first-order valence-electron chi connectivity index (χ1n) is 11.3. The Morgan fingerprint density at radius 3 is 2.47 bits per heavy atom. The van der Waals surface area contributed by atoms with Gasteiger partial charge in [0.25, 0.3) is 0 Å². The van der Waals surface area contributed by atoms with Crippen molar-refractivity contribution in [3.05, 3.63) is 89.9 Å². The van der Waals surface area contributed by atoms with E-state index in [1.807, 2.05) is 74.0 Å². The number of anilines is 1. The quantitative estimate of drug-likeness (QED) is 0.570. The number of hydrogen-bond acceptors (Lipinski definition) is 5. The third-order valence-corrected chi connectivity index (χ3v) is 6.16. The van der Waals surface area contributed by atoms with Crippen LogP contribution in [0.2, 0.25) is 0 Å². The summed E-state index contributed by atoms with van der Waals surface area (Å²) in [6.45, 7) is 2.85. The van der Waals surface area contributed by atoms with Crippen molar-refractivity contribution in [1.82, 2.24) is 20.2 Å². The summed E-state index contributed by atoms with van der Waals surface area (Å²) in [5.41, 5.74) is 3.18. The molecule has 1 fully saturated rings. The molecule has 0 saturated carbocycles. The number of carbonyl (C=O) groups excluding carboxylic acids is 1. The van der Waals surface area contributed by atoms with Crippen LogP contribution in [-0.4, -0.2) is 40.9 Å². The second-order valence-electron chi connectivity index (χ2n) is 8.34. The van der Waals surface area contributed by atoms with Crippen LogP contribution in [0.25, 0.3) is 0 Å². The summed E-state index contributed by atoms with van der Waals surface area (Å²) in [4.78, 5) is 24.3. The fourth-order valence-electron chi connectivity index (χ4n) is 4.48. The molecule has 0 spiro atoms. The van der Waals surface area contributed by atoms with Gasteiger partial charge in [0.1, 0.15) is 5.82 Å². The molecule has 1 atom stereocenters. The summed E-state index contributed by atoms with van der Waals surface area (Å²) >= 11 is 0. The van der Waals surface area contributed by atoms with Gasteiger partial charge < -0.3 is 10.6 Å². The van der Waals surface area contributed by atoms with Crippen LogP contribution in [0, 0.1) is 5.92 Å². The zero-order valence-corrected chi connectivity index (χ0v) is 18.6. The number of piperidine rings is 1. The van der Waals surface area contributed by atoms with Crippen LogP contribution in [-0.2, 0) is 17.8 Å². The molecule has 0 aliphatic carbocycles. The van der Waals surface area contributed by atoms with E-state index in [-0.39, 0.29) is 11.9 Å². The summed E-state index contributed by atoms with van der Waals surface area (Å²) in [5, 5.41) is 6.48. The Hall–Kier alpha value is -3.25. The largest absolute Gasteiger partial charge is 0.373 e. The predicted molar refractivity (Wildman–Crippen MR) is 127 cm³/mol. The van der Waals surface area contributed by atoms with Crippen molar-refractivity contribution in [1.29, 1.82) is 0 Å². The average molecular weight is 430 g/mol. The highest BCUT2D eigenvalue weighted by atomic mass is 16.1. The van der Waals surface area contributed by atoms with Crippen LogP contribution in [0.3, 0.4) is 0 Å². The molecule has 1 saturated heterocycles. The molecular formula is C26H31N5O. The van der Waals surface area contributed by atoms with Gasteiger partial charge in [0, 0.05) is 31.5 Å². The third kappa shape index (κ3) is 5.71. The maximum Gasteiger partial charge on any atom is 0.224 e. The SMILES string of the molecule is CNc1ncccc1CN1CCC(C(NC(=O)Cc2ccccc2)c2ccccn2)CC1. The topological polar surface area (TPSA) is 70.2 Å². The number of aromatic nitrogens is 2. The van der Waals surface area contributed by atoms with E-state index in [0.717, 1.165) is 49.6 Å². The highest BCUT2D eigenvalue weighted by Crippen LogP contribution is 2.31. The summed E-state index contributed by atoms with van der Waals surface area (Å²) in [5.74, 6) is 1.34. The van der Waals surface area contributed by atoms with Crippen LogP contribution in [0.1, 0.15) is 35.7 Å². The molecule has 0 bridgehead atoms. The lowest BCUT2D eigenvalue weighted by atomic mass is 9.87. The second kappa shape index (κ2) is 10.9. The number of amides is 1. The highest BCUT2D eigenvalue weighted by molar-refractivity contribution is 5.79. The van der Waals surface area contributed by atoms with E-state index in [4.69, 9.17) is 0 Å². The zero-order chi connectivity index (χ0) is 22.2. The molecule has 6 nitrogen and oxygen atoms in total. The Morgan fingerprint density at radius 1 is 1.00 bits per heavy atom. The van der Waals surface area contributed by atoms with Gasteiger partial charge in [-0.3, -0.25) is 14.7 Å². The highest BCUT2D eigenvalue weighted by Gasteiger charge is 2.30. The van der Waals surface area contributed by atoms with Gasteiger partial charge >= 0.3 is 0 Å². The molecule has 6 heteroatoms. The summed E-state index contributed by atoms with van der Waals surface area (Å²) in [6.07, 6.45) is 6.04. The standard InChI is InChI=1S/C26H31N5O/c1-27-26-22(10-7-15-29-26)19-31-16-12-21(13-17-31)25(23-11-5-6-14-28-23)30-24(32)18-20-8-3-2-4-9-20/h2-11,14-15,21,25H,12-13,16-19H2,1H3,(H,27,29)(H,30,32). The van der Waals surface area contributed by atoms with Crippen molar-refractivity contribution in [3.8, 4) is 0 Å². The smallest absolute Gasteiger partial charge is 0.224 e. The Morgan fingerprint density at radius 2 is 1.75 bits per heavy atom. The monoisotopic (exact) mass is 429 g/mol. The van der Waals surface area contributed by atoms with Crippen molar-refractivity contribution >= 4 is 11.7 Å². The lowest BCUT2D eigenvalue weighted by molar-refractivity contribution is -0.121. The lowest BCUT2D eigenvalue weighted by Crippen LogP contribution is -2.41. The van der Waals surface area contributed by atoms with Crippen LogP contribution in [0.5, 0.6) is 0 Å². The van der Waals surface area contributed by atoms with E-state index in [9.17, 15) is 4.79 Å². The van der Waals surface area contributed by atoms with Crippen LogP contribution in [0.15, 0.2) is 73.1 Å². The van der Waals surface area contributed by atoms with Gasteiger partial charge in [-0.2, -0.15) is 0 Å². The van der Waals surface area contributed by atoms with E-state index in [0.29, 0.717) is 12.3 Å². The van der Waals surface area contributed by atoms with E-state index in [2.05, 4.69) is 31.6 Å². The van der Waals surface area contributed by atoms with E-state index in [1.54, 1.807) is 0 Å². The molecule has 3 aromatic rings. The molecule has 2 aromatic heterocycles. The fourth-order valence-corrected chi connectivity index (χ4v) is 4.48. The first kappa shape index (κ1) is 22.0. The van der Waals surface area contributed by atoms with Crippen molar-refractivity contribution in [3.63, 3.8) is 0 Å². The molecule has 1 amide bonds. The zero-order valence-electron chi connectivity index (χ0n) is 18.6. The molecule has 1 unspecified atom stereocenters. The fraction of sp³-hybridized carbons (Fsp3) is 0.346. The van der Waals surface area contributed by atoms with Crippen molar-refractivity contribution in [2.75, 3.05) is 25.5 Å². The second-order valence-corrected chi connectivity index (χ2v) is 8.34. The minimum absolute atomic E-state index is 0.0447. The Bertz CT molecular complexity index is 987. The van der Waals surface area contributed by atoms with Gasteiger partial charge in [0.05, 0.1) is 18.2 Å². The number of likely N-dealkylation sites (tertiary alicyclic amines) is 1. The van der Waals surface area contributed by atoms with Crippen LogP contribution in [0.4, 0.5) is 5.82 Å². The Balaban J connectivity index is 1.40. The lowest BCUT2D eigenvalue weighted by Gasteiger charge is -2.36. The van der Waals surface area contributed by atoms with Gasteiger partial charge in [-0.15, -0.1) is 0 Å². The number of carbonyl (C=O) groups is 1. The Kier molecular flexibility index (Phi) is 7.46. The number of nitrogens with one attached hydrogen (secondary N) is 2. The maximum absolute atomic E-state index is 12.9. The van der Waals surface area contributed by atoms with Crippen LogP contribution >= 0.6 is 0 Å². The van der Waals surface area contributed by atoms with Crippen molar-refractivity contribution in [2.45, 2.75) is 31.8 Å². The molecule has 4 rings (SSSR count). The third-order valence-electron chi connectivity index (χ3n) is 6.16. The number of rotatable bonds is 8. The first-order valence-corrected chi connectivity index (χ1v) is 11.3. The average Bonchev–Trinajstić information content (AvgIpc) is 2.85. The van der Waals surface area contributed by atoms with Gasteiger partial charge in [-0.1, -0.05) is 42.5 Å². The molecule has 2 N–H and O–H groups in total. The molecule has 1 aliphatic rings. The number of pyridine rings is 2. The first-order chi connectivity index (χ1) is 15.7. The molecule has 1 aliphatic heterocycles. The molecule has 166 valence electrons. The molecule has 32 heavy (non-hydrogen) atoms. The number of hydrogen-bond donors (Lipinski definition) is 2. The van der Waals surface area contributed by atoms with E-state index >= 15 is 0 Å². The molecule has 1 aromatic carbocycles. The van der Waals surface area contributed by atoms with Gasteiger partial charge in [0.2, 0.25) is 5.91 Å². The van der Waals surface area contributed by atoms with Crippen molar-refractivity contribution < 1.29 is 4.79 Å². The van der Waals surface area contributed by atoms with Gasteiger partial charge in [0.15, 0.2) is 0 Å².